The van der Waals surface area contributed by atoms with E-state index in [1.807, 2.05) is 0 Å². The summed E-state index contributed by atoms with van der Waals surface area (Å²) in [6, 6.07) is 0.690. The number of fused-ring (bicyclic) bond motifs is 1. The van der Waals surface area contributed by atoms with Crippen LogP contribution in [0.2, 0.25) is 0 Å². The predicted molar refractivity (Wildman–Crippen MR) is 90.3 cm³/mol. The zero-order chi connectivity index (χ0) is 18.4. The van der Waals surface area contributed by atoms with E-state index in [0.29, 0.717) is 0 Å². The van der Waals surface area contributed by atoms with Crippen molar-refractivity contribution < 1.29 is 9.84 Å². The summed E-state index contributed by atoms with van der Waals surface area (Å²) in [7, 11) is 0. The molecule has 3 heterocycles. The summed E-state index contributed by atoms with van der Waals surface area (Å²) in [6.07, 6.45) is -1.67. The lowest BCUT2D eigenvalue weighted by molar-refractivity contribution is -0.0287. The van der Waals surface area contributed by atoms with Gasteiger partial charge in [0, 0.05) is 6.20 Å². The van der Waals surface area contributed by atoms with Crippen LogP contribution in [0.1, 0.15) is 20.1 Å². The minimum Gasteiger partial charge on any atom is -0.387 e. The van der Waals surface area contributed by atoms with Gasteiger partial charge in [-0.25, -0.2) is 0 Å². The number of aromatic amines is 1. The van der Waals surface area contributed by atoms with Gasteiger partial charge in [-0.3, -0.25) is 9.78 Å². The third-order valence-electron chi connectivity index (χ3n) is 4.33. The Morgan fingerprint density at radius 3 is 2.96 bits per heavy atom. The van der Waals surface area contributed by atoms with E-state index in [9.17, 15) is 14.8 Å². The number of aliphatic hydroxyl groups excluding tert-OH is 1. The number of rotatable bonds is 3. The Kier molecular flexibility index (Phi) is 4.08. The van der Waals surface area contributed by atoms with E-state index in [2.05, 4.69) is 27.0 Å². The van der Waals surface area contributed by atoms with Gasteiger partial charge in [-0.15, -0.1) is 5.92 Å². The zero-order valence-corrected chi connectivity index (χ0v) is 13.6. The van der Waals surface area contributed by atoms with E-state index in [4.69, 9.17) is 16.2 Å². The maximum absolute atomic E-state index is 12.0. The normalized spacial score (nSPS) is 30.0. The molecule has 10 heteroatoms. The maximum atomic E-state index is 12.0. The highest BCUT2D eigenvalue weighted by molar-refractivity contribution is 5.76. The SMILES string of the molecule is CC#C[C@@]1(N)C(O)[C@@H]([C@H](C)N=O)O[C@H]1n1ccc2c(=O)[nH]c(N)nc21. The molecule has 1 unspecified atom stereocenters. The summed E-state index contributed by atoms with van der Waals surface area (Å²) < 4.78 is 7.30. The molecule has 2 aromatic heterocycles. The van der Waals surface area contributed by atoms with E-state index >= 15 is 0 Å². The van der Waals surface area contributed by atoms with E-state index in [1.54, 1.807) is 13.1 Å². The van der Waals surface area contributed by atoms with E-state index in [1.165, 1.54) is 17.6 Å². The molecule has 3 rings (SSSR count). The lowest BCUT2D eigenvalue weighted by Crippen LogP contribution is -2.54. The number of nitrogen functional groups attached to an aromatic ring is 1. The molecule has 0 spiro atoms. The topological polar surface area (TPSA) is 162 Å². The van der Waals surface area contributed by atoms with Gasteiger partial charge in [-0.2, -0.15) is 9.89 Å². The summed E-state index contributed by atoms with van der Waals surface area (Å²) >= 11 is 0. The molecule has 6 N–H and O–H groups in total. The summed E-state index contributed by atoms with van der Waals surface area (Å²) in [5.74, 6) is 5.36. The molecule has 25 heavy (non-hydrogen) atoms. The van der Waals surface area contributed by atoms with Crippen LogP contribution in [0.4, 0.5) is 5.95 Å². The van der Waals surface area contributed by atoms with Crippen molar-refractivity contribution >= 4 is 17.0 Å². The first-order chi connectivity index (χ1) is 11.8. The van der Waals surface area contributed by atoms with Crippen molar-refractivity contribution in [3.05, 3.63) is 27.5 Å². The smallest absolute Gasteiger partial charge is 0.261 e. The molecule has 1 saturated heterocycles. The number of ether oxygens (including phenoxy) is 1. The second-order valence-electron chi connectivity index (χ2n) is 5.96. The van der Waals surface area contributed by atoms with Crippen molar-refractivity contribution in [3.63, 3.8) is 0 Å². The predicted octanol–water partition coefficient (Wildman–Crippen LogP) is -0.559. The van der Waals surface area contributed by atoms with Crippen molar-refractivity contribution in [3.8, 4) is 11.8 Å². The Bertz CT molecular complexity index is 941. The number of nitrogens with zero attached hydrogens (tertiary/aromatic N) is 3. The van der Waals surface area contributed by atoms with Crippen LogP contribution < -0.4 is 17.0 Å². The third-order valence-corrected chi connectivity index (χ3v) is 4.33. The highest BCUT2D eigenvalue weighted by Crippen LogP contribution is 2.39. The van der Waals surface area contributed by atoms with Crippen LogP contribution in [0.3, 0.4) is 0 Å². The quantitative estimate of drug-likeness (QED) is 0.427. The minimum absolute atomic E-state index is 0.0698. The van der Waals surface area contributed by atoms with Gasteiger partial charge in [0.25, 0.3) is 5.56 Å². The fourth-order valence-electron chi connectivity index (χ4n) is 3.09. The molecule has 0 amide bonds. The average molecular weight is 346 g/mol. The summed E-state index contributed by atoms with van der Waals surface area (Å²) in [5, 5.41) is 13.8. The van der Waals surface area contributed by atoms with Crippen molar-refractivity contribution in [1.82, 2.24) is 14.5 Å². The molecule has 1 aliphatic heterocycles. The Morgan fingerprint density at radius 1 is 1.60 bits per heavy atom. The van der Waals surface area contributed by atoms with Crippen LogP contribution >= 0.6 is 0 Å². The molecule has 0 bridgehead atoms. The summed E-state index contributed by atoms with van der Waals surface area (Å²) in [6.45, 7) is 3.08. The van der Waals surface area contributed by atoms with E-state index < -0.39 is 35.6 Å². The largest absolute Gasteiger partial charge is 0.387 e. The van der Waals surface area contributed by atoms with Crippen molar-refractivity contribution in [1.29, 1.82) is 0 Å². The number of aromatic nitrogens is 3. The molecule has 0 aromatic carbocycles. The van der Waals surface area contributed by atoms with Crippen molar-refractivity contribution in [2.24, 2.45) is 10.9 Å². The number of aliphatic hydroxyl groups is 1. The van der Waals surface area contributed by atoms with Gasteiger partial charge < -0.3 is 25.9 Å². The Morgan fingerprint density at radius 2 is 2.32 bits per heavy atom. The molecular weight excluding hydrogens is 328 g/mol. The van der Waals surface area contributed by atoms with Gasteiger partial charge in [0.05, 0.1) is 5.39 Å². The van der Waals surface area contributed by atoms with Gasteiger partial charge >= 0.3 is 0 Å². The molecule has 132 valence electrons. The lowest BCUT2D eigenvalue weighted by atomic mass is 9.89. The Labute approximate surface area is 142 Å². The van der Waals surface area contributed by atoms with Crippen LogP contribution in [0, 0.1) is 16.7 Å². The van der Waals surface area contributed by atoms with Crippen LogP contribution in [0.25, 0.3) is 11.0 Å². The molecule has 10 nitrogen and oxygen atoms in total. The number of hydrogen-bond acceptors (Lipinski definition) is 8. The van der Waals surface area contributed by atoms with Crippen LogP contribution in [0.5, 0.6) is 0 Å². The standard InChI is InChI=1S/C15H18N6O4/c1-3-5-15(17)10(22)9(7(2)20-24)25-13(15)21-6-4-8-11(21)18-14(16)19-12(8)23/h4,6-7,9-10,13,22H,17H2,1-2H3,(H3,16,18,19,23)/t7-,9+,10?,13+,15+/m0/s1. The first kappa shape index (κ1) is 17.1. The third kappa shape index (κ3) is 2.49. The molecule has 5 atom stereocenters. The average Bonchev–Trinajstić information content (AvgIpc) is 3.08. The van der Waals surface area contributed by atoms with Crippen LogP contribution in [0.15, 0.2) is 22.2 Å². The fourth-order valence-corrected chi connectivity index (χ4v) is 3.09. The van der Waals surface area contributed by atoms with Gasteiger partial charge in [0.15, 0.2) is 17.4 Å². The highest BCUT2D eigenvalue weighted by atomic mass is 16.5. The molecule has 0 saturated carbocycles. The molecule has 2 aromatic rings. The summed E-state index contributed by atoms with van der Waals surface area (Å²) in [4.78, 5) is 29.4. The molecular formula is C15H18N6O4. The van der Waals surface area contributed by atoms with E-state index in [-0.39, 0.29) is 17.0 Å². The van der Waals surface area contributed by atoms with Gasteiger partial charge in [0.1, 0.15) is 18.2 Å². The summed E-state index contributed by atoms with van der Waals surface area (Å²) in [5.41, 5.74) is 10.3. The number of anilines is 1. The minimum atomic E-state index is -1.52. The number of nitrogens with one attached hydrogen (secondary N) is 1. The number of H-pyrrole nitrogens is 1. The molecule has 1 aliphatic rings. The number of hydrogen-bond donors (Lipinski definition) is 4. The first-order valence-corrected chi connectivity index (χ1v) is 7.58. The first-order valence-electron chi connectivity index (χ1n) is 7.58. The van der Waals surface area contributed by atoms with Gasteiger partial charge in [-0.1, -0.05) is 11.1 Å². The monoisotopic (exact) mass is 346 g/mol. The lowest BCUT2D eigenvalue weighted by Gasteiger charge is -2.28. The van der Waals surface area contributed by atoms with Gasteiger partial charge in [0.2, 0.25) is 5.95 Å². The van der Waals surface area contributed by atoms with E-state index in [0.717, 1.165) is 0 Å². The van der Waals surface area contributed by atoms with Crippen molar-refractivity contribution in [2.45, 2.75) is 43.9 Å². The number of nitroso groups, excluding NO2 is 1. The van der Waals surface area contributed by atoms with Crippen molar-refractivity contribution in [2.75, 3.05) is 5.73 Å². The van der Waals surface area contributed by atoms with Crippen LogP contribution in [-0.2, 0) is 4.74 Å². The Hall–Kier alpha value is -2.74. The Balaban J connectivity index is 2.19. The molecule has 1 fully saturated rings. The number of nitrogens with two attached hydrogens (primary N) is 2. The second-order valence-corrected chi connectivity index (χ2v) is 5.96. The van der Waals surface area contributed by atoms with Crippen LogP contribution in [-0.4, -0.2) is 43.4 Å². The molecule has 0 aliphatic carbocycles. The highest BCUT2D eigenvalue weighted by Gasteiger charge is 2.56. The second kappa shape index (κ2) is 5.96. The zero-order valence-electron chi connectivity index (χ0n) is 13.6. The maximum Gasteiger partial charge on any atom is 0.261 e. The molecule has 0 radical (unpaired) electrons. The van der Waals surface area contributed by atoms with Gasteiger partial charge in [-0.05, 0) is 19.9 Å². The fraction of sp³-hybridized carbons (Fsp3) is 0.467.